The summed E-state index contributed by atoms with van der Waals surface area (Å²) >= 11 is 0. The standard InChI is InChI=1S/C17H26F2N2O4S/c1-3-24-15-7-5-6-13(16(15)25-17(18)19)12-21-10-8-14(9-11-21)20-26(22,23)4-2/h5-7,14,17,20H,3-4,8-12H2,1-2H3. The normalized spacial score (nSPS) is 16.8. The molecule has 0 aliphatic carbocycles. The first-order chi connectivity index (χ1) is 12.3. The summed E-state index contributed by atoms with van der Waals surface area (Å²) in [6.07, 6.45) is 1.35. The minimum atomic E-state index is -3.22. The number of sulfonamides is 1. The van der Waals surface area contributed by atoms with E-state index in [4.69, 9.17) is 9.47 Å². The number of rotatable bonds is 9. The van der Waals surface area contributed by atoms with Crippen LogP contribution in [-0.4, -0.2) is 51.4 Å². The van der Waals surface area contributed by atoms with Gasteiger partial charge in [-0.3, -0.25) is 4.90 Å². The number of nitrogens with zero attached hydrogens (tertiary/aromatic N) is 1. The lowest BCUT2D eigenvalue weighted by Crippen LogP contribution is -2.44. The molecule has 1 aromatic carbocycles. The number of likely N-dealkylation sites (tertiary alicyclic amines) is 1. The van der Waals surface area contributed by atoms with Crippen LogP contribution in [0, 0.1) is 0 Å². The predicted molar refractivity (Wildman–Crippen MR) is 95.1 cm³/mol. The van der Waals surface area contributed by atoms with E-state index < -0.39 is 16.6 Å². The SMILES string of the molecule is CCOc1cccc(CN2CCC(NS(=O)(=O)CC)CC2)c1OC(F)F. The molecule has 1 N–H and O–H groups in total. The van der Waals surface area contributed by atoms with E-state index in [2.05, 4.69) is 9.62 Å². The molecule has 26 heavy (non-hydrogen) atoms. The topological polar surface area (TPSA) is 67.9 Å². The molecule has 0 bridgehead atoms. The number of para-hydroxylation sites is 1. The van der Waals surface area contributed by atoms with Gasteiger partial charge in [-0.1, -0.05) is 12.1 Å². The molecular formula is C17H26F2N2O4S. The van der Waals surface area contributed by atoms with Crippen LogP contribution < -0.4 is 14.2 Å². The fourth-order valence-electron chi connectivity index (χ4n) is 2.96. The first-order valence-corrected chi connectivity index (χ1v) is 10.4. The van der Waals surface area contributed by atoms with Gasteiger partial charge >= 0.3 is 6.61 Å². The minimum absolute atomic E-state index is 0.0613. The molecule has 1 heterocycles. The van der Waals surface area contributed by atoms with E-state index in [0.717, 1.165) is 0 Å². The molecule has 2 rings (SSSR count). The molecule has 0 spiro atoms. The second-order valence-corrected chi connectivity index (χ2v) is 8.17. The quantitative estimate of drug-likeness (QED) is 0.700. The Morgan fingerprint density at radius 1 is 1.27 bits per heavy atom. The molecular weight excluding hydrogens is 366 g/mol. The molecule has 0 radical (unpaired) electrons. The van der Waals surface area contributed by atoms with E-state index in [1.807, 2.05) is 0 Å². The summed E-state index contributed by atoms with van der Waals surface area (Å²) < 4.78 is 61.7. The van der Waals surface area contributed by atoms with Crippen LogP contribution in [0.25, 0.3) is 0 Å². The Labute approximate surface area is 153 Å². The minimum Gasteiger partial charge on any atom is -0.490 e. The van der Waals surface area contributed by atoms with Crippen molar-refractivity contribution < 1.29 is 26.7 Å². The summed E-state index contributed by atoms with van der Waals surface area (Å²) in [5.74, 6) is 0.431. The number of nitrogens with one attached hydrogen (secondary N) is 1. The number of piperidine rings is 1. The van der Waals surface area contributed by atoms with Gasteiger partial charge in [0.2, 0.25) is 10.0 Å². The molecule has 0 amide bonds. The van der Waals surface area contributed by atoms with Crippen LogP contribution in [-0.2, 0) is 16.6 Å². The summed E-state index contributed by atoms with van der Waals surface area (Å²) in [6.45, 7) is 2.59. The summed E-state index contributed by atoms with van der Waals surface area (Å²) in [5, 5.41) is 0. The monoisotopic (exact) mass is 392 g/mol. The van der Waals surface area contributed by atoms with Gasteiger partial charge < -0.3 is 9.47 Å². The van der Waals surface area contributed by atoms with Gasteiger partial charge in [-0.2, -0.15) is 8.78 Å². The number of hydrogen-bond acceptors (Lipinski definition) is 5. The number of halogens is 2. The Balaban J connectivity index is 2.02. The largest absolute Gasteiger partial charge is 0.490 e. The number of benzene rings is 1. The van der Waals surface area contributed by atoms with Crippen molar-refractivity contribution in [3.05, 3.63) is 23.8 Å². The van der Waals surface area contributed by atoms with E-state index in [1.165, 1.54) is 0 Å². The third-order valence-corrected chi connectivity index (χ3v) is 5.73. The van der Waals surface area contributed by atoms with Crippen molar-refractivity contribution in [3.8, 4) is 11.5 Å². The average molecular weight is 392 g/mol. The van der Waals surface area contributed by atoms with Crippen molar-refractivity contribution in [2.75, 3.05) is 25.4 Å². The van der Waals surface area contributed by atoms with Gasteiger partial charge in [-0.15, -0.1) is 0 Å². The first-order valence-electron chi connectivity index (χ1n) is 8.76. The average Bonchev–Trinajstić information content (AvgIpc) is 2.59. The van der Waals surface area contributed by atoms with Crippen molar-refractivity contribution in [1.82, 2.24) is 9.62 Å². The molecule has 0 unspecified atom stereocenters. The number of alkyl halides is 2. The van der Waals surface area contributed by atoms with Crippen molar-refractivity contribution in [2.45, 2.75) is 45.9 Å². The molecule has 6 nitrogen and oxygen atoms in total. The zero-order valence-corrected chi connectivity index (χ0v) is 15.9. The van der Waals surface area contributed by atoms with Crippen molar-refractivity contribution >= 4 is 10.0 Å². The van der Waals surface area contributed by atoms with Gasteiger partial charge in [-0.05, 0) is 32.8 Å². The van der Waals surface area contributed by atoms with Crippen LogP contribution in [0.2, 0.25) is 0 Å². The molecule has 148 valence electrons. The van der Waals surface area contributed by atoms with E-state index >= 15 is 0 Å². The lowest BCUT2D eigenvalue weighted by molar-refractivity contribution is -0.0524. The van der Waals surface area contributed by atoms with E-state index in [0.29, 0.717) is 50.4 Å². The highest BCUT2D eigenvalue weighted by Gasteiger charge is 2.24. The van der Waals surface area contributed by atoms with Gasteiger partial charge in [0.1, 0.15) is 0 Å². The summed E-state index contributed by atoms with van der Waals surface area (Å²) in [6, 6.07) is 5.02. The highest BCUT2D eigenvalue weighted by molar-refractivity contribution is 7.89. The zero-order chi connectivity index (χ0) is 19.2. The molecule has 1 saturated heterocycles. The molecule has 9 heteroatoms. The third-order valence-electron chi connectivity index (χ3n) is 4.28. The number of ether oxygens (including phenoxy) is 2. The van der Waals surface area contributed by atoms with Gasteiger partial charge in [0, 0.05) is 31.2 Å². The molecule has 1 fully saturated rings. The predicted octanol–water partition coefficient (Wildman–Crippen LogP) is 2.59. The van der Waals surface area contributed by atoms with Crippen LogP contribution in [0.5, 0.6) is 11.5 Å². The van der Waals surface area contributed by atoms with Crippen molar-refractivity contribution in [1.29, 1.82) is 0 Å². The van der Waals surface area contributed by atoms with Crippen molar-refractivity contribution in [2.24, 2.45) is 0 Å². The highest BCUT2D eigenvalue weighted by atomic mass is 32.2. The second kappa shape index (κ2) is 9.48. The van der Waals surface area contributed by atoms with E-state index in [1.54, 1.807) is 32.0 Å². The number of hydrogen-bond donors (Lipinski definition) is 1. The lowest BCUT2D eigenvalue weighted by atomic mass is 10.0. The Hall–Kier alpha value is -1.45. The Bertz CT molecular complexity index is 677. The van der Waals surface area contributed by atoms with Crippen LogP contribution in [0.15, 0.2) is 18.2 Å². The van der Waals surface area contributed by atoms with Crippen molar-refractivity contribution in [3.63, 3.8) is 0 Å². The molecule has 0 saturated carbocycles. The molecule has 1 aliphatic heterocycles. The van der Waals surface area contributed by atoms with E-state index in [-0.39, 0.29) is 17.5 Å². The highest BCUT2D eigenvalue weighted by Crippen LogP contribution is 2.34. The Morgan fingerprint density at radius 3 is 2.54 bits per heavy atom. The van der Waals surface area contributed by atoms with Gasteiger partial charge in [0.05, 0.1) is 12.4 Å². The first kappa shape index (κ1) is 20.9. The Morgan fingerprint density at radius 2 is 1.96 bits per heavy atom. The fraction of sp³-hybridized carbons (Fsp3) is 0.647. The lowest BCUT2D eigenvalue weighted by Gasteiger charge is -2.32. The van der Waals surface area contributed by atoms with Crippen LogP contribution in [0.3, 0.4) is 0 Å². The fourth-order valence-corrected chi connectivity index (χ4v) is 3.88. The summed E-state index contributed by atoms with van der Waals surface area (Å²) in [5.41, 5.74) is 0.629. The summed E-state index contributed by atoms with van der Waals surface area (Å²) in [7, 11) is -3.22. The maximum absolute atomic E-state index is 12.8. The maximum Gasteiger partial charge on any atom is 0.387 e. The molecule has 1 aliphatic rings. The maximum atomic E-state index is 12.8. The third kappa shape index (κ3) is 6.07. The summed E-state index contributed by atoms with van der Waals surface area (Å²) in [4.78, 5) is 2.10. The smallest absolute Gasteiger partial charge is 0.387 e. The van der Waals surface area contributed by atoms with Crippen LogP contribution in [0.1, 0.15) is 32.3 Å². The zero-order valence-electron chi connectivity index (χ0n) is 15.1. The second-order valence-electron chi connectivity index (χ2n) is 6.13. The van der Waals surface area contributed by atoms with Gasteiger partial charge in [-0.25, -0.2) is 13.1 Å². The molecule has 0 aromatic heterocycles. The molecule has 1 aromatic rings. The van der Waals surface area contributed by atoms with Crippen LogP contribution >= 0.6 is 0 Å². The van der Waals surface area contributed by atoms with Crippen LogP contribution in [0.4, 0.5) is 8.78 Å². The van der Waals surface area contributed by atoms with Gasteiger partial charge in [0.15, 0.2) is 11.5 Å². The van der Waals surface area contributed by atoms with Gasteiger partial charge in [0.25, 0.3) is 0 Å². The van der Waals surface area contributed by atoms with E-state index in [9.17, 15) is 17.2 Å². The Kier molecular flexibility index (Phi) is 7.60. The molecule has 0 atom stereocenters.